The Bertz CT molecular complexity index is 298. The third-order valence-electron chi connectivity index (χ3n) is 2.85. The van der Waals surface area contributed by atoms with Crippen molar-refractivity contribution >= 4 is 0 Å². The van der Waals surface area contributed by atoms with Crippen LogP contribution in [0.1, 0.15) is 30.7 Å². The first-order chi connectivity index (χ1) is 6.27. The van der Waals surface area contributed by atoms with Crippen molar-refractivity contribution in [2.24, 2.45) is 5.73 Å². The molecule has 1 nitrogen and oxygen atoms in total. The molecule has 2 heteroatoms. The van der Waals surface area contributed by atoms with Gasteiger partial charge < -0.3 is 5.73 Å². The Labute approximate surface area is 77.8 Å². The average molecular weight is 179 g/mol. The fourth-order valence-electron chi connectivity index (χ4n) is 2.14. The smallest absolute Gasteiger partial charge is 0.123 e. The molecule has 13 heavy (non-hydrogen) atoms. The van der Waals surface area contributed by atoms with Crippen molar-refractivity contribution in [1.82, 2.24) is 0 Å². The van der Waals surface area contributed by atoms with Crippen LogP contribution in [0.2, 0.25) is 0 Å². The summed E-state index contributed by atoms with van der Waals surface area (Å²) in [6.45, 7) is 0. The molecule has 0 amide bonds. The maximum absolute atomic E-state index is 12.9. The molecule has 0 heterocycles. The van der Waals surface area contributed by atoms with E-state index in [-0.39, 0.29) is 11.9 Å². The first kappa shape index (κ1) is 8.70. The maximum atomic E-state index is 12.9. The zero-order chi connectivity index (χ0) is 9.26. The molecule has 1 aromatic rings. The molecule has 0 radical (unpaired) electrons. The van der Waals surface area contributed by atoms with Gasteiger partial charge in [0.1, 0.15) is 5.82 Å². The van der Waals surface area contributed by atoms with Gasteiger partial charge in [-0.3, -0.25) is 0 Å². The zero-order valence-corrected chi connectivity index (χ0v) is 7.54. The van der Waals surface area contributed by atoms with Crippen molar-refractivity contribution in [1.29, 1.82) is 0 Å². The van der Waals surface area contributed by atoms with E-state index in [1.807, 2.05) is 6.07 Å². The first-order valence-corrected chi connectivity index (χ1v) is 4.78. The van der Waals surface area contributed by atoms with Gasteiger partial charge in [-0.25, -0.2) is 4.39 Å². The van der Waals surface area contributed by atoms with Crippen molar-refractivity contribution in [2.75, 3.05) is 0 Å². The van der Waals surface area contributed by atoms with Crippen LogP contribution in [-0.4, -0.2) is 6.04 Å². The van der Waals surface area contributed by atoms with Gasteiger partial charge in [0.2, 0.25) is 0 Å². The van der Waals surface area contributed by atoms with Crippen LogP contribution < -0.4 is 5.73 Å². The minimum Gasteiger partial charge on any atom is -0.327 e. The molecule has 1 fully saturated rings. The van der Waals surface area contributed by atoms with Gasteiger partial charge in [0.15, 0.2) is 0 Å². The van der Waals surface area contributed by atoms with Gasteiger partial charge in [-0.05, 0) is 36.5 Å². The molecule has 1 saturated carbocycles. The fraction of sp³-hybridized carbons (Fsp3) is 0.455. The molecule has 1 aromatic carbocycles. The number of nitrogens with two attached hydrogens (primary N) is 1. The second-order valence-electron chi connectivity index (χ2n) is 3.76. The summed E-state index contributed by atoms with van der Waals surface area (Å²) >= 11 is 0. The lowest BCUT2D eigenvalue weighted by atomic mass is 9.95. The van der Waals surface area contributed by atoms with Crippen LogP contribution in [0.4, 0.5) is 4.39 Å². The quantitative estimate of drug-likeness (QED) is 0.704. The summed E-state index contributed by atoms with van der Waals surface area (Å²) in [5.74, 6) is 0.215. The van der Waals surface area contributed by atoms with E-state index in [9.17, 15) is 4.39 Å². The van der Waals surface area contributed by atoms with E-state index in [2.05, 4.69) is 0 Å². The maximum Gasteiger partial charge on any atom is 0.123 e. The summed E-state index contributed by atoms with van der Waals surface area (Å²) in [6.07, 6.45) is 3.34. The van der Waals surface area contributed by atoms with Gasteiger partial charge in [0.25, 0.3) is 0 Å². The van der Waals surface area contributed by atoms with Crippen LogP contribution in [0.5, 0.6) is 0 Å². The molecule has 2 N–H and O–H groups in total. The highest BCUT2D eigenvalue weighted by Crippen LogP contribution is 2.33. The van der Waals surface area contributed by atoms with Gasteiger partial charge in [-0.2, -0.15) is 0 Å². The standard InChI is InChI=1S/C11H14FN/c12-9-4-1-3-8(7-9)10-5-2-6-11(10)13/h1,3-4,7,10-11H,2,5-6,13H2. The van der Waals surface area contributed by atoms with Crippen LogP contribution in [-0.2, 0) is 0 Å². The third kappa shape index (κ3) is 1.73. The predicted molar refractivity (Wildman–Crippen MR) is 51.0 cm³/mol. The first-order valence-electron chi connectivity index (χ1n) is 4.78. The molecule has 0 saturated heterocycles. The van der Waals surface area contributed by atoms with Crippen molar-refractivity contribution in [2.45, 2.75) is 31.2 Å². The lowest BCUT2D eigenvalue weighted by Crippen LogP contribution is -2.22. The Kier molecular flexibility index (Phi) is 2.32. The second-order valence-corrected chi connectivity index (χ2v) is 3.76. The van der Waals surface area contributed by atoms with Crippen molar-refractivity contribution in [3.05, 3.63) is 35.6 Å². The normalized spacial score (nSPS) is 27.8. The van der Waals surface area contributed by atoms with E-state index < -0.39 is 0 Å². The van der Waals surface area contributed by atoms with Gasteiger partial charge in [0, 0.05) is 6.04 Å². The van der Waals surface area contributed by atoms with E-state index in [1.165, 1.54) is 12.5 Å². The Morgan fingerprint density at radius 1 is 1.31 bits per heavy atom. The topological polar surface area (TPSA) is 26.0 Å². The summed E-state index contributed by atoms with van der Waals surface area (Å²) < 4.78 is 12.9. The molecule has 2 rings (SSSR count). The molecule has 2 atom stereocenters. The second kappa shape index (κ2) is 3.46. The Hall–Kier alpha value is -0.890. The van der Waals surface area contributed by atoms with Crippen LogP contribution >= 0.6 is 0 Å². The zero-order valence-electron chi connectivity index (χ0n) is 7.54. The summed E-state index contributed by atoms with van der Waals surface area (Å²) in [6, 6.07) is 7.04. The molecule has 0 bridgehead atoms. The minimum absolute atomic E-state index is 0.156. The highest BCUT2D eigenvalue weighted by Gasteiger charge is 2.25. The monoisotopic (exact) mass is 179 g/mol. The van der Waals surface area contributed by atoms with Crippen molar-refractivity contribution < 1.29 is 4.39 Å². The Morgan fingerprint density at radius 3 is 2.77 bits per heavy atom. The van der Waals surface area contributed by atoms with E-state index in [0.717, 1.165) is 18.4 Å². The summed E-state index contributed by atoms with van der Waals surface area (Å²) in [7, 11) is 0. The summed E-state index contributed by atoms with van der Waals surface area (Å²) in [5, 5.41) is 0. The van der Waals surface area contributed by atoms with Gasteiger partial charge in [0.05, 0.1) is 0 Å². The van der Waals surface area contributed by atoms with Gasteiger partial charge in [-0.1, -0.05) is 18.6 Å². The number of rotatable bonds is 1. The molecular weight excluding hydrogens is 165 g/mol. The number of hydrogen-bond acceptors (Lipinski definition) is 1. The van der Waals surface area contributed by atoms with Crippen LogP contribution in [0.15, 0.2) is 24.3 Å². The van der Waals surface area contributed by atoms with Gasteiger partial charge in [-0.15, -0.1) is 0 Å². The van der Waals surface area contributed by atoms with Gasteiger partial charge >= 0.3 is 0 Å². The molecular formula is C11H14FN. The molecule has 1 aliphatic carbocycles. The number of hydrogen-bond donors (Lipinski definition) is 1. The highest BCUT2D eigenvalue weighted by atomic mass is 19.1. The molecule has 2 unspecified atom stereocenters. The fourth-order valence-corrected chi connectivity index (χ4v) is 2.14. The molecule has 70 valence electrons. The van der Waals surface area contributed by atoms with E-state index in [4.69, 9.17) is 5.73 Å². The van der Waals surface area contributed by atoms with E-state index in [0.29, 0.717) is 5.92 Å². The molecule has 0 spiro atoms. The Balaban J connectivity index is 2.24. The van der Waals surface area contributed by atoms with Crippen LogP contribution in [0.3, 0.4) is 0 Å². The highest BCUT2D eigenvalue weighted by molar-refractivity contribution is 5.23. The van der Waals surface area contributed by atoms with E-state index >= 15 is 0 Å². The SMILES string of the molecule is NC1CCCC1c1cccc(F)c1. The third-order valence-corrected chi connectivity index (χ3v) is 2.85. The van der Waals surface area contributed by atoms with E-state index in [1.54, 1.807) is 12.1 Å². The Morgan fingerprint density at radius 2 is 2.15 bits per heavy atom. The predicted octanol–water partition coefficient (Wildman–Crippen LogP) is 2.42. The van der Waals surface area contributed by atoms with Crippen LogP contribution in [0.25, 0.3) is 0 Å². The number of benzene rings is 1. The lowest BCUT2D eigenvalue weighted by Gasteiger charge is -2.15. The number of halogens is 1. The summed E-state index contributed by atoms with van der Waals surface area (Å²) in [4.78, 5) is 0. The van der Waals surface area contributed by atoms with Crippen LogP contribution in [0, 0.1) is 5.82 Å². The largest absolute Gasteiger partial charge is 0.327 e. The molecule has 0 aromatic heterocycles. The average Bonchev–Trinajstić information content (AvgIpc) is 2.51. The minimum atomic E-state index is -0.156. The lowest BCUT2D eigenvalue weighted by molar-refractivity contribution is 0.594. The molecule has 1 aliphatic rings. The van der Waals surface area contributed by atoms with Crippen molar-refractivity contribution in [3.8, 4) is 0 Å². The summed E-state index contributed by atoms with van der Waals surface area (Å²) in [5.41, 5.74) is 7.00. The molecule has 0 aliphatic heterocycles. The van der Waals surface area contributed by atoms with Crippen molar-refractivity contribution in [3.63, 3.8) is 0 Å².